The lowest BCUT2D eigenvalue weighted by atomic mass is 10.0. The Morgan fingerprint density at radius 2 is 1.71 bits per heavy atom. The predicted octanol–water partition coefficient (Wildman–Crippen LogP) is 5.17. The van der Waals surface area contributed by atoms with E-state index in [0.29, 0.717) is 35.8 Å². The number of para-hydroxylation sites is 4. The summed E-state index contributed by atoms with van der Waals surface area (Å²) in [6.07, 6.45) is 0. The Morgan fingerprint density at radius 3 is 2.49 bits per heavy atom. The van der Waals surface area contributed by atoms with Crippen LogP contribution < -0.4 is 15.6 Å². The summed E-state index contributed by atoms with van der Waals surface area (Å²) in [4.78, 5) is 32.9. The SMILES string of the molecule is CCOc1ccccc1NC(=O)N(Cc1nc2ccccc2n(C)c1=O)C[C@@H](C)c1ccccc1. The van der Waals surface area contributed by atoms with Crippen molar-refractivity contribution in [2.45, 2.75) is 26.3 Å². The molecule has 3 aromatic carbocycles. The summed E-state index contributed by atoms with van der Waals surface area (Å²) in [7, 11) is 1.73. The molecule has 1 aromatic heterocycles. The first kappa shape index (κ1) is 24.0. The van der Waals surface area contributed by atoms with Crippen LogP contribution in [0.5, 0.6) is 5.75 Å². The fraction of sp³-hybridized carbons (Fsp3) is 0.250. The standard InChI is InChI=1S/C28H30N4O3/c1-4-35-26-17-11-9-15-23(26)30-28(34)32(18-20(2)21-12-6-5-7-13-21)19-24-27(33)31(3)25-16-10-8-14-22(25)29-24/h5-17,20H,4,18-19H2,1-3H3,(H,30,34)/t20-/m1/s1. The molecule has 1 heterocycles. The highest BCUT2D eigenvalue weighted by atomic mass is 16.5. The van der Waals surface area contributed by atoms with E-state index in [0.717, 1.165) is 11.1 Å². The van der Waals surface area contributed by atoms with Gasteiger partial charge in [-0.05, 0) is 42.7 Å². The van der Waals surface area contributed by atoms with E-state index in [1.807, 2.05) is 79.7 Å². The molecule has 35 heavy (non-hydrogen) atoms. The fourth-order valence-electron chi connectivity index (χ4n) is 4.10. The van der Waals surface area contributed by atoms with Gasteiger partial charge in [-0.1, -0.05) is 61.5 Å². The van der Waals surface area contributed by atoms with Crippen LogP contribution >= 0.6 is 0 Å². The Morgan fingerprint density at radius 1 is 1.03 bits per heavy atom. The monoisotopic (exact) mass is 470 g/mol. The third kappa shape index (κ3) is 5.51. The van der Waals surface area contributed by atoms with Gasteiger partial charge in [-0.3, -0.25) is 4.79 Å². The van der Waals surface area contributed by atoms with E-state index in [4.69, 9.17) is 4.74 Å². The number of anilines is 1. The van der Waals surface area contributed by atoms with Crippen LogP contribution in [0.1, 0.15) is 31.0 Å². The number of nitrogens with zero attached hydrogens (tertiary/aromatic N) is 3. The summed E-state index contributed by atoms with van der Waals surface area (Å²) in [5.41, 5.74) is 3.25. The molecule has 1 N–H and O–H groups in total. The maximum atomic E-state index is 13.5. The van der Waals surface area contributed by atoms with Gasteiger partial charge in [0.25, 0.3) is 5.56 Å². The number of fused-ring (bicyclic) bond motifs is 1. The molecule has 2 amide bonds. The number of aromatic nitrogens is 2. The normalized spacial score (nSPS) is 11.7. The molecule has 0 aliphatic carbocycles. The van der Waals surface area contributed by atoms with E-state index in [2.05, 4.69) is 17.2 Å². The molecule has 0 spiro atoms. The minimum absolute atomic E-state index is 0.0494. The van der Waals surface area contributed by atoms with Gasteiger partial charge in [0, 0.05) is 13.6 Å². The van der Waals surface area contributed by atoms with Gasteiger partial charge in [-0.25, -0.2) is 9.78 Å². The quantitative estimate of drug-likeness (QED) is 0.385. The van der Waals surface area contributed by atoms with Crippen molar-refractivity contribution in [3.8, 4) is 5.75 Å². The summed E-state index contributed by atoms with van der Waals surface area (Å²) in [6.45, 7) is 4.93. The van der Waals surface area contributed by atoms with Crippen LogP contribution in [0.4, 0.5) is 10.5 Å². The van der Waals surface area contributed by atoms with Crippen molar-refractivity contribution in [1.29, 1.82) is 0 Å². The zero-order valence-corrected chi connectivity index (χ0v) is 20.3. The first-order valence-corrected chi connectivity index (χ1v) is 11.7. The number of amides is 2. The molecule has 7 nitrogen and oxygen atoms in total. The zero-order valence-electron chi connectivity index (χ0n) is 20.3. The second-order valence-electron chi connectivity index (χ2n) is 8.46. The number of ether oxygens (including phenoxy) is 1. The van der Waals surface area contributed by atoms with E-state index in [9.17, 15) is 9.59 Å². The Bertz CT molecular complexity index is 1370. The molecule has 7 heteroatoms. The first-order chi connectivity index (χ1) is 17.0. The molecule has 0 saturated heterocycles. The summed E-state index contributed by atoms with van der Waals surface area (Å²) >= 11 is 0. The molecule has 0 unspecified atom stereocenters. The van der Waals surface area contributed by atoms with Crippen LogP contribution in [0.2, 0.25) is 0 Å². The van der Waals surface area contributed by atoms with Gasteiger partial charge in [0.15, 0.2) is 0 Å². The van der Waals surface area contributed by atoms with Crippen molar-refractivity contribution in [2.24, 2.45) is 7.05 Å². The van der Waals surface area contributed by atoms with Crippen molar-refractivity contribution < 1.29 is 9.53 Å². The highest BCUT2D eigenvalue weighted by Crippen LogP contribution is 2.25. The summed E-state index contributed by atoms with van der Waals surface area (Å²) in [6, 6.07) is 24.5. The molecule has 0 aliphatic heterocycles. The Kier molecular flexibility index (Phi) is 7.45. The number of nitrogens with one attached hydrogen (secondary N) is 1. The lowest BCUT2D eigenvalue weighted by Crippen LogP contribution is -2.39. The highest BCUT2D eigenvalue weighted by Gasteiger charge is 2.22. The van der Waals surface area contributed by atoms with Crippen molar-refractivity contribution in [3.05, 3.63) is 100 Å². The topological polar surface area (TPSA) is 76.5 Å². The van der Waals surface area contributed by atoms with E-state index in [-0.39, 0.29) is 24.1 Å². The van der Waals surface area contributed by atoms with Crippen LogP contribution in [-0.4, -0.2) is 33.6 Å². The van der Waals surface area contributed by atoms with Gasteiger partial charge in [-0.15, -0.1) is 0 Å². The minimum atomic E-state index is -0.322. The average Bonchev–Trinajstić information content (AvgIpc) is 2.88. The van der Waals surface area contributed by atoms with Crippen molar-refractivity contribution in [1.82, 2.24) is 14.5 Å². The molecule has 0 fully saturated rings. The second kappa shape index (κ2) is 10.9. The number of carbonyl (C=O) groups excluding carboxylic acids is 1. The maximum Gasteiger partial charge on any atom is 0.322 e. The molecule has 180 valence electrons. The molecular formula is C28H30N4O3. The number of hydrogen-bond donors (Lipinski definition) is 1. The van der Waals surface area contributed by atoms with E-state index in [1.54, 1.807) is 22.6 Å². The van der Waals surface area contributed by atoms with Crippen LogP contribution in [-0.2, 0) is 13.6 Å². The number of benzene rings is 3. The molecule has 0 aliphatic rings. The van der Waals surface area contributed by atoms with Crippen LogP contribution in [0, 0.1) is 0 Å². The number of carbonyl (C=O) groups is 1. The summed E-state index contributed by atoms with van der Waals surface area (Å²) in [5.74, 6) is 0.646. The molecule has 4 aromatic rings. The summed E-state index contributed by atoms with van der Waals surface area (Å²) < 4.78 is 7.25. The highest BCUT2D eigenvalue weighted by molar-refractivity contribution is 5.91. The Hall–Kier alpha value is -4.13. The van der Waals surface area contributed by atoms with Crippen LogP contribution in [0.25, 0.3) is 11.0 Å². The summed E-state index contributed by atoms with van der Waals surface area (Å²) in [5, 5.41) is 2.97. The molecule has 0 bridgehead atoms. The largest absolute Gasteiger partial charge is 0.492 e. The van der Waals surface area contributed by atoms with Crippen molar-refractivity contribution in [2.75, 3.05) is 18.5 Å². The smallest absolute Gasteiger partial charge is 0.322 e. The Labute approximate surface area is 205 Å². The number of urea groups is 1. The van der Waals surface area contributed by atoms with Crippen molar-refractivity contribution >= 4 is 22.8 Å². The number of aryl methyl sites for hydroxylation is 1. The fourth-order valence-corrected chi connectivity index (χ4v) is 4.10. The molecule has 0 radical (unpaired) electrons. The van der Waals surface area contributed by atoms with Crippen molar-refractivity contribution in [3.63, 3.8) is 0 Å². The molecular weight excluding hydrogens is 440 g/mol. The van der Waals surface area contributed by atoms with Gasteiger partial charge in [0.1, 0.15) is 11.4 Å². The average molecular weight is 471 g/mol. The van der Waals surface area contributed by atoms with Crippen LogP contribution in [0.15, 0.2) is 83.7 Å². The van der Waals surface area contributed by atoms with Gasteiger partial charge in [-0.2, -0.15) is 0 Å². The minimum Gasteiger partial charge on any atom is -0.492 e. The molecule has 1 atom stereocenters. The number of hydrogen-bond acceptors (Lipinski definition) is 4. The van der Waals surface area contributed by atoms with Gasteiger partial charge in [0.2, 0.25) is 0 Å². The first-order valence-electron chi connectivity index (χ1n) is 11.7. The lowest BCUT2D eigenvalue weighted by Gasteiger charge is -2.27. The number of rotatable bonds is 8. The third-order valence-electron chi connectivity index (χ3n) is 5.97. The van der Waals surface area contributed by atoms with E-state index >= 15 is 0 Å². The van der Waals surface area contributed by atoms with Gasteiger partial charge in [0.05, 0.1) is 29.9 Å². The van der Waals surface area contributed by atoms with Crippen LogP contribution in [0.3, 0.4) is 0 Å². The second-order valence-corrected chi connectivity index (χ2v) is 8.46. The zero-order chi connectivity index (χ0) is 24.8. The lowest BCUT2D eigenvalue weighted by molar-refractivity contribution is 0.205. The van der Waals surface area contributed by atoms with Gasteiger partial charge < -0.3 is 19.5 Å². The molecule has 0 saturated carbocycles. The predicted molar refractivity (Wildman–Crippen MR) is 139 cm³/mol. The Balaban J connectivity index is 1.67. The maximum absolute atomic E-state index is 13.5. The molecule has 4 rings (SSSR count). The van der Waals surface area contributed by atoms with Gasteiger partial charge >= 0.3 is 6.03 Å². The van der Waals surface area contributed by atoms with E-state index in [1.165, 1.54) is 0 Å². The third-order valence-corrected chi connectivity index (χ3v) is 5.97. The van der Waals surface area contributed by atoms with E-state index < -0.39 is 0 Å².